The largest absolute Gasteiger partial charge is 0.481 e. The summed E-state index contributed by atoms with van der Waals surface area (Å²) in [6, 6.07) is 7.71. The van der Waals surface area contributed by atoms with E-state index in [1.165, 1.54) is 0 Å². The zero-order valence-corrected chi connectivity index (χ0v) is 10.5. The van der Waals surface area contributed by atoms with Crippen molar-refractivity contribution in [3.8, 4) is 0 Å². The van der Waals surface area contributed by atoms with Crippen LogP contribution >= 0.6 is 0 Å². The van der Waals surface area contributed by atoms with Crippen LogP contribution in [0.4, 0.5) is 0 Å². The third-order valence-corrected chi connectivity index (χ3v) is 3.86. The van der Waals surface area contributed by atoms with Gasteiger partial charge < -0.3 is 9.84 Å². The summed E-state index contributed by atoms with van der Waals surface area (Å²) in [5, 5.41) is 9.44. The van der Waals surface area contributed by atoms with Crippen molar-refractivity contribution in [2.75, 3.05) is 7.11 Å². The lowest BCUT2D eigenvalue weighted by Gasteiger charge is -2.16. The summed E-state index contributed by atoms with van der Waals surface area (Å²) in [6.07, 6.45) is 0.707. The smallest absolute Gasteiger partial charge is 0.314 e. The third kappa shape index (κ3) is 1.75. The van der Waals surface area contributed by atoms with E-state index in [-0.39, 0.29) is 5.41 Å². The van der Waals surface area contributed by atoms with Crippen LogP contribution in [0.3, 0.4) is 0 Å². The fraction of sp³-hybridized carbons (Fsp3) is 0.500. The monoisotopic (exact) mass is 234 g/mol. The molecule has 2 rings (SSSR count). The highest BCUT2D eigenvalue weighted by Gasteiger charge is 2.67. The van der Waals surface area contributed by atoms with Gasteiger partial charge in [0.1, 0.15) is 0 Å². The molecule has 1 fully saturated rings. The molecule has 1 aliphatic carbocycles. The molecule has 0 bridgehead atoms. The molecular weight excluding hydrogens is 216 g/mol. The Labute approximate surface area is 101 Å². The van der Waals surface area contributed by atoms with E-state index in [4.69, 9.17) is 4.74 Å². The molecule has 92 valence electrons. The maximum absolute atomic E-state index is 11.5. The molecule has 1 atom stereocenters. The second-order valence-corrected chi connectivity index (χ2v) is 5.40. The van der Waals surface area contributed by atoms with Gasteiger partial charge in [0.05, 0.1) is 12.0 Å². The van der Waals surface area contributed by atoms with Gasteiger partial charge in [-0.3, -0.25) is 4.79 Å². The van der Waals surface area contributed by atoms with Crippen LogP contribution in [0.5, 0.6) is 0 Å². The first kappa shape index (κ1) is 12.1. The maximum atomic E-state index is 11.5. The van der Waals surface area contributed by atoms with Gasteiger partial charge in [-0.05, 0) is 23.0 Å². The topological polar surface area (TPSA) is 46.5 Å². The Balaban J connectivity index is 2.31. The van der Waals surface area contributed by atoms with Crippen LogP contribution in [-0.4, -0.2) is 18.2 Å². The van der Waals surface area contributed by atoms with Gasteiger partial charge in [0.25, 0.3) is 0 Å². The van der Waals surface area contributed by atoms with Gasteiger partial charge in [0.2, 0.25) is 0 Å². The number of ether oxygens (including phenoxy) is 1. The van der Waals surface area contributed by atoms with Crippen LogP contribution in [0.15, 0.2) is 24.3 Å². The van der Waals surface area contributed by atoms with E-state index in [1.807, 2.05) is 38.1 Å². The first-order chi connectivity index (χ1) is 7.94. The molecule has 1 aromatic carbocycles. The molecule has 1 unspecified atom stereocenters. The van der Waals surface area contributed by atoms with Crippen molar-refractivity contribution in [2.45, 2.75) is 32.3 Å². The minimum Gasteiger partial charge on any atom is -0.481 e. The van der Waals surface area contributed by atoms with Gasteiger partial charge in [-0.2, -0.15) is 0 Å². The molecule has 1 aromatic rings. The van der Waals surface area contributed by atoms with Gasteiger partial charge in [0.15, 0.2) is 0 Å². The van der Waals surface area contributed by atoms with Crippen LogP contribution in [0.1, 0.15) is 31.4 Å². The van der Waals surface area contributed by atoms with E-state index in [0.29, 0.717) is 13.0 Å². The summed E-state index contributed by atoms with van der Waals surface area (Å²) in [7, 11) is 1.65. The number of carbonyl (C=O) groups is 1. The van der Waals surface area contributed by atoms with Crippen LogP contribution < -0.4 is 0 Å². The first-order valence-electron chi connectivity index (χ1n) is 5.76. The number of methoxy groups -OCH3 is 1. The van der Waals surface area contributed by atoms with Gasteiger partial charge in [-0.1, -0.05) is 38.1 Å². The number of hydrogen-bond donors (Lipinski definition) is 1. The van der Waals surface area contributed by atoms with Crippen molar-refractivity contribution in [1.82, 2.24) is 0 Å². The molecule has 1 aliphatic rings. The Bertz CT molecular complexity index is 433. The average molecular weight is 234 g/mol. The summed E-state index contributed by atoms with van der Waals surface area (Å²) in [5.74, 6) is -0.720. The van der Waals surface area contributed by atoms with E-state index >= 15 is 0 Å². The number of aliphatic carboxylic acids is 1. The third-order valence-electron chi connectivity index (χ3n) is 3.86. The fourth-order valence-electron chi connectivity index (χ4n) is 2.65. The van der Waals surface area contributed by atoms with Crippen molar-refractivity contribution in [3.05, 3.63) is 35.4 Å². The molecule has 0 aliphatic heterocycles. The SMILES string of the molecule is COCc1ccc(C2(C(=O)O)CC2(C)C)cc1. The van der Waals surface area contributed by atoms with Crippen LogP contribution in [0.2, 0.25) is 0 Å². The zero-order valence-electron chi connectivity index (χ0n) is 10.5. The number of rotatable bonds is 4. The lowest BCUT2D eigenvalue weighted by atomic mass is 9.87. The van der Waals surface area contributed by atoms with Gasteiger partial charge in [-0.25, -0.2) is 0 Å². The van der Waals surface area contributed by atoms with Crippen LogP contribution in [0.25, 0.3) is 0 Å². The van der Waals surface area contributed by atoms with E-state index in [0.717, 1.165) is 11.1 Å². The van der Waals surface area contributed by atoms with E-state index in [2.05, 4.69) is 0 Å². The van der Waals surface area contributed by atoms with Gasteiger partial charge in [-0.15, -0.1) is 0 Å². The molecule has 3 nitrogen and oxygen atoms in total. The standard InChI is InChI=1S/C14H18O3/c1-13(2)9-14(13,12(15)16)11-6-4-10(5-7-11)8-17-3/h4-7H,8-9H2,1-3H3,(H,15,16). The number of carboxylic acids is 1. The minimum atomic E-state index is -0.720. The summed E-state index contributed by atoms with van der Waals surface area (Å²) >= 11 is 0. The minimum absolute atomic E-state index is 0.151. The quantitative estimate of drug-likeness (QED) is 0.871. The van der Waals surface area contributed by atoms with Crippen molar-refractivity contribution < 1.29 is 14.6 Å². The van der Waals surface area contributed by atoms with Crippen molar-refractivity contribution >= 4 is 5.97 Å². The van der Waals surface area contributed by atoms with Crippen molar-refractivity contribution in [2.24, 2.45) is 5.41 Å². The Morgan fingerprint density at radius 1 is 1.35 bits per heavy atom. The van der Waals surface area contributed by atoms with Gasteiger partial charge in [0, 0.05) is 7.11 Å². The Morgan fingerprint density at radius 3 is 2.24 bits per heavy atom. The predicted molar refractivity (Wildman–Crippen MR) is 64.9 cm³/mol. The number of hydrogen-bond acceptors (Lipinski definition) is 2. The molecule has 0 heterocycles. The molecule has 1 saturated carbocycles. The Hall–Kier alpha value is -1.35. The summed E-state index contributed by atoms with van der Waals surface area (Å²) in [6.45, 7) is 4.57. The molecule has 0 amide bonds. The highest BCUT2D eigenvalue weighted by Crippen LogP contribution is 2.64. The Kier molecular flexibility index (Phi) is 2.74. The molecule has 17 heavy (non-hydrogen) atoms. The van der Waals surface area contributed by atoms with E-state index < -0.39 is 11.4 Å². The van der Waals surface area contributed by atoms with E-state index in [9.17, 15) is 9.90 Å². The molecule has 0 radical (unpaired) electrons. The normalized spacial score (nSPS) is 25.6. The zero-order chi connectivity index (χ0) is 12.7. The fourth-order valence-corrected chi connectivity index (χ4v) is 2.65. The molecular formula is C14H18O3. The Morgan fingerprint density at radius 2 is 1.88 bits per heavy atom. The molecule has 0 spiro atoms. The van der Waals surface area contributed by atoms with Gasteiger partial charge >= 0.3 is 5.97 Å². The summed E-state index contributed by atoms with van der Waals surface area (Å²) in [5.41, 5.74) is 1.12. The lowest BCUT2D eigenvalue weighted by molar-refractivity contribution is -0.141. The summed E-state index contributed by atoms with van der Waals surface area (Å²) < 4.78 is 5.04. The number of benzene rings is 1. The summed E-state index contributed by atoms with van der Waals surface area (Å²) in [4.78, 5) is 11.5. The molecule has 1 N–H and O–H groups in total. The highest BCUT2D eigenvalue weighted by atomic mass is 16.5. The molecule has 0 aromatic heterocycles. The van der Waals surface area contributed by atoms with Crippen LogP contribution in [0, 0.1) is 5.41 Å². The van der Waals surface area contributed by atoms with Crippen LogP contribution in [-0.2, 0) is 21.6 Å². The lowest BCUT2D eigenvalue weighted by Crippen LogP contribution is -2.25. The van der Waals surface area contributed by atoms with Crippen molar-refractivity contribution in [3.63, 3.8) is 0 Å². The second kappa shape index (κ2) is 3.84. The average Bonchev–Trinajstić information content (AvgIpc) is 2.85. The molecule has 3 heteroatoms. The first-order valence-corrected chi connectivity index (χ1v) is 5.76. The highest BCUT2D eigenvalue weighted by molar-refractivity contribution is 5.87. The number of carboxylic acid groups (broad SMARTS) is 1. The van der Waals surface area contributed by atoms with Crippen molar-refractivity contribution in [1.29, 1.82) is 0 Å². The van der Waals surface area contributed by atoms with E-state index in [1.54, 1.807) is 7.11 Å². The predicted octanol–water partition coefficient (Wildman–Crippen LogP) is 2.59. The maximum Gasteiger partial charge on any atom is 0.314 e. The molecule has 0 saturated heterocycles. The second-order valence-electron chi connectivity index (χ2n) is 5.40.